The van der Waals surface area contributed by atoms with Gasteiger partial charge in [-0.15, -0.1) is 0 Å². The first-order valence-corrected chi connectivity index (χ1v) is 4.67. The van der Waals surface area contributed by atoms with Crippen LogP contribution in [-0.4, -0.2) is 33.0 Å². The van der Waals surface area contributed by atoms with E-state index >= 15 is 0 Å². The van der Waals surface area contributed by atoms with Crippen LogP contribution in [-0.2, 0) is 16.1 Å². The Kier molecular flexibility index (Phi) is 2.61. The summed E-state index contributed by atoms with van der Waals surface area (Å²) in [5.74, 6) is 0.333. The number of hydrogen-bond acceptors (Lipinski definition) is 4. The molecule has 1 aliphatic rings. The van der Waals surface area contributed by atoms with Gasteiger partial charge in [-0.2, -0.15) is 5.10 Å². The molecule has 1 saturated heterocycles. The number of nitrogens with one attached hydrogen (secondary N) is 3. The van der Waals surface area contributed by atoms with Gasteiger partial charge < -0.3 is 10.6 Å². The van der Waals surface area contributed by atoms with E-state index in [-0.39, 0.29) is 11.8 Å². The second-order valence-corrected chi connectivity index (χ2v) is 3.31. The maximum atomic E-state index is 11.5. The third-order valence-corrected chi connectivity index (χ3v) is 2.21. The average molecular weight is 209 g/mol. The molecule has 1 aliphatic heterocycles. The van der Waals surface area contributed by atoms with Crippen LogP contribution in [0.1, 0.15) is 18.7 Å². The Labute approximate surface area is 85.7 Å². The van der Waals surface area contributed by atoms with Gasteiger partial charge in [-0.1, -0.05) is 0 Å². The highest BCUT2D eigenvalue weighted by Gasteiger charge is 2.26. The molecular formula is C8H11N5O2. The Morgan fingerprint density at radius 1 is 1.67 bits per heavy atom. The second kappa shape index (κ2) is 4.07. The first-order chi connectivity index (χ1) is 7.25. The minimum atomic E-state index is -0.402. The first-order valence-electron chi connectivity index (χ1n) is 4.67. The number of rotatable bonds is 3. The third kappa shape index (κ3) is 2.30. The molecule has 0 aromatic carbocycles. The van der Waals surface area contributed by atoms with Crippen molar-refractivity contribution in [3.63, 3.8) is 0 Å². The molecule has 0 bridgehead atoms. The van der Waals surface area contributed by atoms with E-state index in [9.17, 15) is 9.59 Å². The molecule has 0 spiro atoms. The molecule has 80 valence electrons. The van der Waals surface area contributed by atoms with Crippen molar-refractivity contribution in [3.8, 4) is 0 Å². The Hall–Kier alpha value is -1.92. The Morgan fingerprint density at radius 2 is 2.53 bits per heavy atom. The van der Waals surface area contributed by atoms with E-state index in [0.717, 1.165) is 0 Å². The van der Waals surface area contributed by atoms with Gasteiger partial charge in [0, 0.05) is 6.42 Å². The second-order valence-electron chi connectivity index (χ2n) is 3.31. The Balaban J connectivity index is 1.80. The SMILES string of the molecule is O=C1CCC(C(=O)NCc2ncn[nH]2)N1. The number of aromatic nitrogens is 3. The summed E-state index contributed by atoms with van der Waals surface area (Å²) in [5, 5.41) is 11.5. The summed E-state index contributed by atoms with van der Waals surface area (Å²) >= 11 is 0. The van der Waals surface area contributed by atoms with Crippen LogP contribution in [0.25, 0.3) is 0 Å². The molecule has 1 aromatic heterocycles. The Bertz CT molecular complexity index is 361. The summed E-state index contributed by atoms with van der Waals surface area (Å²) in [6.45, 7) is 0.297. The van der Waals surface area contributed by atoms with Crippen molar-refractivity contribution >= 4 is 11.8 Å². The van der Waals surface area contributed by atoms with Gasteiger partial charge in [-0.25, -0.2) is 4.98 Å². The van der Waals surface area contributed by atoms with Gasteiger partial charge in [0.1, 0.15) is 18.2 Å². The molecule has 15 heavy (non-hydrogen) atoms. The largest absolute Gasteiger partial charge is 0.347 e. The summed E-state index contributed by atoms with van der Waals surface area (Å²) in [7, 11) is 0. The molecule has 3 N–H and O–H groups in total. The van der Waals surface area contributed by atoms with Crippen molar-refractivity contribution in [3.05, 3.63) is 12.2 Å². The van der Waals surface area contributed by atoms with Crippen LogP contribution in [0.2, 0.25) is 0 Å². The molecule has 2 heterocycles. The molecular weight excluding hydrogens is 198 g/mol. The predicted molar refractivity (Wildman–Crippen MR) is 49.4 cm³/mol. The van der Waals surface area contributed by atoms with Crippen molar-refractivity contribution < 1.29 is 9.59 Å². The molecule has 1 aromatic rings. The molecule has 2 rings (SSSR count). The summed E-state index contributed by atoms with van der Waals surface area (Å²) in [5.41, 5.74) is 0. The molecule has 7 nitrogen and oxygen atoms in total. The van der Waals surface area contributed by atoms with E-state index in [0.29, 0.717) is 25.2 Å². The summed E-state index contributed by atoms with van der Waals surface area (Å²) in [6.07, 6.45) is 2.35. The zero-order chi connectivity index (χ0) is 10.7. The van der Waals surface area contributed by atoms with Gasteiger partial charge in [-0.3, -0.25) is 14.7 Å². The van der Waals surface area contributed by atoms with Crippen molar-refractivity contribution in [1.82, 2.24) is 25.8 Å². The minimum absolute atomic E-state index is 0.0742. The maximum Gasteiger partial charge on any atom is 0.242 e. The third-order valence-electron chi connectivity index (χ3n) is 2.21. The lowest BCUT2D eigenvalue weighted by molar-refractivity contribution is -0.125. The van der Waals surface area contributed by atoms with Gasteiger partial charge in [0.25, 0.3) is 0 Å². The number of carbonyl (C=O) groups excluding carboxylic acids is 2. The van der Waals surface area contributed by atoms with E-state index in [4.69, 9.17) is 0 Å². The number of carbonyl (C=O) groups is 2. The number of aromatic amines is 1. The van der Waals surface area contributed by atoms with Gasteiger partial charge in [0.2, 0.25) is 11.8 Å². The lowest BCUT2D eigenvalue weighted by atomic mass is 10.2. The topological polar surface area (TPSA) is 99.8 Å². The number of nitrogens with zero attached hydrogens (tertiary/aromatic N) is 2. The van der Waals surface area contributed by atoms with Crippen molar-refractivity contribution in [2.45, 2.75) is 25.4 Å². The van der Waals surface area contributed by atoms with E-state index < -0.39 is 6.04 Å². The van der Waals surface area contributed by atoms with Crippen molar-refractivity contribution in [2.24, 2.45) is 0 Å². The quantitative estimate of drug-likeness (QED) is 0.576. The minimum Gasteiger partial charge on any atom is -0.347 e. The van der Waals surface area contributed by atoms with Crippen molar-refractivity contribution in [2.75, 3.05) is 0 Å². The normalized spacial score (nSPS) is 20.0. The number of hydrogen-bond donors (Lipinski definition) is 3. The fourth-order valence-electron chi connectivity index (χ4n) is 1.42. The zero-order valence-electron chi connectivity index (χ0n) is 7.99. The lowest BCUT2D eigenvalue weighted by Crippen LogP contribution is -2.41. The van der Waals surface area contributed by atoms with Crippen LogP contribution >= 0.6 is 0 Å². The predicted octanol–water partition coefficient (Wildman–Crippen LogP) is -1.30. The van der Waals surface area contributed by atoms with Crippen LogP contribution in [0, 0.1) is 0 Å². The standard InChI is InChI=1S/C8H11N5O2/c14-7-2-1-5(12-7)8(15)9-3-6-10-4-11-13-6/h4-5H,1-3H2,(H,9,15)(H,12,14)(H,10,11,13). The molecule has 2 amide bonds. The lowest BCUT2D eigenvalue weighted by Gasteiger charge is -2.09. The van der Waals surface area contributed by atoms with Crippen molar-refractivity contribution in [1.29, 1.82) is 0 Å². The number of amides is 2. The monoisotopic (exact) mass is 209 g/mol. The highest BCUT2D eigenvalue weighted by atomic mass is 16.2. The Morgan fingerprint density at radius 3 is 3.13 bits per heavy atom. The molecule has 1 unspecified atom stereocenters. The van der Waals surface area contributed by atoms with Crippen LogP contribution in [0.15, 0.2) is 6.33 Å². The highest BCUT2D eigenvalue weighted by molar-refractivity contribution is 5.90. The first kappa shape index (κ1) is 9.63. The van der Waals surface area contributed by atoms with Crippen LogP contribution in [0.4, 0.5) is 0 Å². The molecule has 0 saturated carbocycles. The maximum absolute atomic E-state index is 11.5. The van der Waals surface area contributed by atoms with Gasteiger partial charge >= 0.3 is 0 Å². The van der Waals surface area contributed by atoms with E-state index in [1.54, 1.807) is 0 Å². The van der Waals surface area contributed by atoms with Gasteiger partial charge in [0.05, 0.1) is 6.54 Å². The summed E-state index contributed by atoms with van der Waals surface area (Å²) in [4.78, 5) is 26.2. The molecule has 1 fully saturated rings. The zero-order valence-corrected chi connectivity index (χ0v) is 7.99. The van der Waals surface area contributed by atoms with Gasteiger partial charge in [0.15, 0.2) is 0 Å². The fourth-order valence-corrected chi connectivity index (χ4v) is 1.42. The average Bonchev–Trinajstić information content (AvgIpc) is 2.84. The van der Waals surface area contributed by atoms with Gasteiger partial charge in [-0.05, 0) is 6.42 Å². The number of H-pyrrole nitrogens is 1. The fraction of sp³-hybridized carbons (Fsp3) is 0.500. The summed E-state index contributed by atoms with van der Waals surface area (Å²) < 4.78 is 0. The summed E-state index contributed by atoms with van der Waals surface area (Å²) in [6, 6.07) is -0.402. The van der Waals surface area contributed by atoms with Crippen LogP contribution < -0.4 is 10.6 Å². The molecule has 0 aliphatic carbocycles. The van der Waals surface area contributed by atoms with Crippen LogP contribution in [0.3, 0.4) is 0 Å². The van der Waals surface area contributed by atoms with E-state index in [1.165, 1.54) is 6.33 Å². The molecule has 7 heteroatoms. The molecule has 1 atom stereocenters. The van der Waals surface area contributed by atoms with Crippen LogP contribution in [0.5, 0.6) is 0 Å². The van der Waals surface area contributed by atoms with E-state index in [2.05, 4.69) is 25.8 Å². The highest BCUT2D eigenvalue weighted by Crippen LogP contribution is 2.06. The smallest absolute Gasteiger partial charge is 0.242 e. The molecule has 0 radical (unpaired) electrons. The van der Waals surface area contributed by atoms with E-state index in [1.807, 2.05) is 0 Å².